The predicted molar refractivity (Wildman–Crippen MR) is 70.1 cm³/mol. The van der Waals surface area contributed by atoms with Crippen LogP contribution in [0.1, 0.15) is 12.8 Å². The van der Waals surface area contributed by atoms with Gasteiger partial charge in [-0.25, -0.2) is 18.1 Å². The minimum Gasteiger partial charge on any atom is -0.306 e. The Morgan fingerprint density at radius 2 is 2.06 bits per heavy atom. The number of nitrogens with zero attached hydrogens (tertiary/aromatic N) is 2. The van der Waals surface area contributed by atoms with Gasteiger partial charge in [-0.05, 0) is 45.1 Å². The van der Waals surface area contributed by atoms with Gasteiger partial charge in [0.25, 0.3) is 0 Å². The lowest BCUT2D eigenvalue weighted by atomic mass is 10.1. The average molecular weight is 290 g/mol. The number of hydrogen-bond donors (Lipinski definition) is 1. The minimum absolute atomic E-state index is 0.00174. The fraction of sp³-hybridized carbons (Fsp3) is 0.545. The quantitative estimate of drug-likeness (QED) is 0.847. The summed E-state index contributed by atoms with van der Waals surface area (Å²) in [7, 11) is -1.45. The Morgan fingerprint density at radius 1 is 1.39 bits per heavy atom. The fourth-order valence-corrected chi connectivity index (χ4v) is 3.30. The molecule has 0 spiro atoms. The molecular formula is C11H16ClN3O2S. The van der Waals surface area contributed by atoms with E-state index in [0.717, 1.165) is 25.9 Å². The van der Waals surface area contributed by atoms with Crippen LogP contribution in [0.4, 0.5) is 0 Å². The molecule has 1 fully saturated rings. The normalized spacial score (nSPS) is 19.0. The van der Waals surface area contributed by atoms with Crippen molar-refractivity contribution in [2.75, 3.05) is 20.1 Å². The second-order valence-corrected chi connectivity index (χ2v) is 6.62. The van der Waals surface area contributed by atoms with Gasteiger partial charge in [-0.1, -0.05) is 11.6 Å². The van der Waals surface area contributed by atoms with Crippen molar-refractivity contribution < 1.29 is 8.42 Å². The van der Waals surface area contributed by atoms with Crippen molar-refractivity contribution in [1.29, 1.82) is 0 Å². The molecule has 1 aromatic heterocycles. The molecule has 1 N–H and O–H groups in total. The highest BCUT2D eigenvalue weighted by molar-refractivity contribution is 7.89. The number of hydrogen-bond acceptors (Lipinski definition) is 4. The third kappa shape index (κ3) is 3.41. The monoisotopic (exact) mass is 289 g/mol. The Kier molecular flexibility index (Phi) is 4.21. The van der Waals surface area contributed by atoms with Crippen LogP contribution in [0.25, 0.3) is 0 Å². The van der Waals surface area contributed by atoms with E-state index < -0.39 is 10.0 Å². The van der Waals surface area contributed by atoms with Gasteiger partial charge in [0.2, 0.25) is 10.0 Å². The van der Waals surface area contributed by atoms with Crippen molar-refractivity contribution in [3.05, 3.63) is 23.5 Å². The highest BCUT2D eigenvalue weighted by atomic mass is 35.5. The zero-order valence-corrected chi connectivity index (χ0v) is 11.7. The third-order valence-corrected chi connectivity index (χ3v) is 4.78. The van der Waals surface area contributed by atoms with E-state index >= 15 is 0 Å². The summed E-state index contributed by atoms with van der Waals surface area (Å²) in [5.74, 6) is 0. The number of halogens is 1. The molecule has 0 radical (unpaired) electrons. The molecule has 1 saturated heterocycles. The second kappa shape index (κ2) is 5.52. The molecule has 5 nitrogen and oxygen atoms in total. The smallest absolute Gasteiger partial charge is 0.242 e. The largest absolute Gasteiger partial charge is 0.306 e. The van der Waals surface area contributed by atoms with Crippen LogP contribution >= 0.6 is 11.6 Å². The van der Waals surface area contributed by atoms with Gasteiger partial charge in [-0.3, -0.25) is 0 Å². The van der Waals surface area contributed by atoms with E-state index in [1.165, 1.54) is 18.3 Å². The lowest BCUT2D eigenvalue weighted by Gasteiger charge is -2.29. The third-order valence-electron chi connectivity index (χ3n) is 3.05. The first-order valence-corrected chi connectivity index (χ1v) is 7.66. The zero-order chi connectivity index (χ0) is 13.2. The molecule has 0 aliphatic carbocycles. The van der Waals surface area contributed by atoms with Gasteiger partial charge >= 0.3 is 0 Å². The Hall–Kier alpha value is -0.690. The average Bonchev–Trinajstić information content (AvgIpc) is 2.32. The summed E-state index contributed by atoms with van der Waals surface area (Å²) in [5.41, 5.74) is 0. The van der Waals surface area contributed by atoms with E-state index in [0.29, 0.717) is 0 Å². The lowest BCUT2D eigenvalue weighted by molar-refractivity contribution is 0.248. The molecular weight excluding hydrogens is 274 g/mol. The summed E-state index contributed by atoms with van der Waals surface area (Å²) in [4.78, 5) is 6.14. The van der Waals surface area contributed by atoms with Crippen molar-refractivity contribution in [3.8, 4) is 0 Å². The van der Waals surface area contributed by atoms with Crippen molar-refractivity contribution in [3.63, 3.8) is 0 Å². The van der Waals surface area contributed by atoms with Crippen molar-refractivity contribution in [2.45, 2.75) is 23.8 Å². The minimum atomic E-state index is -3.48. The maximum atomic E-state index is 12.1. The summed E-state index contributed by atoms with van der Waals surface area (Å²) in [6.45, 7) is 1.82. The predicted octanol–water partition coefficient (Wildman–Crippen LogP) is 1.11. The summed E-state index contributed by atoms with van der Waals surface area (Å²) < 4.78 is 26.9. The standard InChI is InChI=1S/C11H16ClN3O2S/c1-15-6-4-9(5-7-15)14-18(16,17)10-2-3-11(12)13-8-10/h2-3,8-9,14H,4-7H2,1H3. The topological polar surface area (TPSA) is 62.3 Å². The summed E-state index contributed by atoms with van der Waals surface area (Å²) in [5, 5.41) is 0.285. The molecule has 0 atom stereocenters. The van der Waals surface area contributed by atoms with Crippen molar-refractivity contribution in [2.24, 2.45) is 0 Å². The molecule has 2 rings (SSSR count). The van der Waals surface area contributed by atoms with E-state index in [4.69, 9.17) is 11.6 Å². The van der Waals surface area contributed by atoms with Gasteiger partial charge in [0, 0.05) is 12.2 Å². The lowest BCUT2D eigenvalue weighted by Crippen LogP contribution is -2.43. The molecule has 7 heteroatoms. The summed E-state index contributed by atoms with van der Waals surface area (Å²) >= 11 is 5.64. The number of likely N-dealkylation sites (tertiary alicyclic amines) is 1. The highest BCUT2D eigenvalue weighted by Crippen LogP contribution is 2.14. The van der Waals surface area contributed by atoms with Gasteiger partial charge in [-0.15, -0.1) is 0 Å². The van der Waals surface area contributed by atoms with Crippen LogP contribution in [0.5, 0.6) is 0 Å². The Balaban J connectivity index is 2.05. The molecule has 0 saturated carbocycles. The fourth-order valence-electron chi connectivity index (χ4n) is 1.94. The highest BCUT2D eigenvalue weighted by Gasteiger charge is 2.23. The number of pyridine rings is 1. The Labute approximate surface area is 112 Å². The zero-order valence-electron chi connectivity index (χ0n) is 10.1. The molecule has 100 valence electrons. The van der Waals surface area contributed by atoms with Gasteiger partial charge in [0.1, 0.15) is 10.0 Å². The number of nitrogens with one attached hydrogen (secondary N) is 1. The van der Waals surface area contributed by atoms with Crippen LogP contribution in [0, 0.1) is 0 Å². The molecule has 0 aromatic carbocycles. The van der Waals surface area contributed by atoms with Crippen LogP contribution in [0.3, 0.4) is 0 Å². The molecule has 18 heavy (non-hydrogen) atoms. The van der Waals surface area contributed by atoms with E-state index in [1.807, 2.05) is 7.05 Å². The maximum Gasteiger partial charge on any atom is 0.242 e. The number of piperidine rings is 1. The van der Waals surface area contributed by atoms with Crippen LogP contribution in [-0.2, 0) is 10.0 Å². The second-order valence-electron chi connectivity index (χ2n) is 4.52. The molecule has 1 aliphatic rings. The Morgan fingerprint density at radius 3 is 2.61 bits per heavy atom. The molecule has 1 aromatic rings. The number of rotatable bonds is 3. The maximum absolute atomic E-state index is 12.1. The van der Waals surface area contributed by atoms with Gasteiger partial charge in [0.05, 0.1) is 0 Å². The molecule has 0 unspecified atom stereocenters. The molecule has 0 amide bonds. The summed E-state index contributed by atoms with van der Waals surface area (Å²) in [6.07, 6.45) is 2.94. The van der Waals surface area contributed by atoms with Crippen molar-refractivity contribution in [1.82, 2.24) is 14.6 Å². The van der Waals surface area contributed by atoms with E-state index in [9.17, 15) is 8.42 Å². The van der Waals surface area contributed by atoms with Crippen LogP contribution in [-0.4, -0.2) is 44.5 Å². The summed E-state index contributed by atoms with van der Waals surface area (Å²) in [6, 6.07) is 2.94. The van der Waals surface area contributed by atoms with Crippen LogP contribution in [0.15, 0.2) is 23.2 Å². The van der Waals surface area contributed by atoms with Crippen molar-refractivity contribution >= 4 is 21.6 Å². The van der Waals surface area contributed by atoms with Crippen LogP contribution in [0.2, 0.25) is 5.15 Å². The van der Waals surface area contributed by atoms with Gasteiger partial charge in [0.15, 0.2) is 0 Å². The first-order chi connectivity index (χ1) is 8.47. The number of aromatic nitrogens is 1. The SMILES string of the molecule is CN1CCC(NS(=O)(=O)c2ccc(Cl)nc2)CC1. The molecule has 1 aliphatic heterocycles. The van der Waals surface area contributed by atoms with E-state index in [2.05, 4.69) is 14.6 Å². The Bertz CT molecular complexity index is 496. The van der Waals surface area contributed by atoms with E-state index in [-0.39, 0.29) is 16.1 Å². The first-order valence-electron chi connectivity index (χ1n) is 5.80. The molecule has 0 bridgehead atoms. The van der Waals surface area contributed by atoms with Crippen LogP contribution < -0.4 is 4.72 Å². The van der Waals surface area contributed by atoms with E-state index in [1.54, 1.807) is 0 Å². The van der Waals surface area contributed by atoms with Gasteiger partial charge in [-0.2, -0.15) is 0 Å². The first kappa shape index (κ1) is 13.7. The molecule has 2 heterocycles. The van der Waals surface area contributed by atoms with Gasteiger partial charge < -0.3 is 4.90 Å². The number of sulfonamides is 1.